The van der Waals surface area contributed by atoms with Gasteiger partial charge in [-0.15, -0.1) is 0 Å². The molecular weight excluding hydrogens is 260 g/mol. The van der Waals surface area contributed by atoms with Crippen molar-refractivity contribution >= 4 is 17.3 Å². The third kappa shape index (κ3) is 2.00. The fraction of sp³-hybridized carbons (Fsp3) is 0.533. The van der Waals surface area contributed by atoms with Crippen LogP contribution in [0.4, 0.5) is 5.69 Å². The van der Waals surface area contributed by atoms with Crippen LogP contribution in [0.3, 0.4) is 0 Å². The Morgan fingerprint density at radius 2 is 1.95 bits per heavy atom. The molecule has 0 radical (unpaired) electrons. The van der Waals surface area contributed by atoms with Gasteiger partial charge < -0.3 is 10.0 Å². The highest BCUT2D eigenvalue weighted by atomic mass is 35.5. The van der Waals surface area contributed by atoms with E-state index in [-0.39, 0.29) is 6.10 Å². The lowest BCUT2D eigenvalue weighted by molar-refractivity contribution is 0.126. The fourth-order valence-electron chi connectivity index (χ4n) is 3.58. The number of piperidine rings is 1. The first-order chi connectivity index (χ1) is 9.11. The van der Waals surface area contributed by atoms with Crippen molar-refractivity contribution in [3.8, 4) is 6.07 Å². The van der Waals surface area contributed by atoms with E-state index in [1.165, 1.54) is 0 Å². The highest BCUT2D eigenvalue weighted by Gasteiger charge is 2.40. The summed E-state index contributed by atoms with van der Waals surface area (Å²) in [6, 6.07) is 6.75. The first kappa shape index (κ1) is 12.8. The van der Waals surface area contributed by atoms with Gasteiger partial charge in [0, 0.05) is 17.8 Å². The normalized spacial score (nSPS) is 29.4. The van der Waals surface area contributed by atoms with Crippen molar-refractivity contribution in [3.05, 3.63) is 28.3 Å². The summed E-state index contributed by atoms with van der Waals surface area (Å²) < 4.78 is 0. The lowest BCUT2D eigenvalue weighted by atomic mass is 9.97. The van der Waals surface area contributed by atoms with Gasteiger partial charge in [-0.05, 0) is 50.3 Å². The molecule has 0 unspecified atom stereocenters. The molecule has 2 bridgehead atoms. The average molecular weight is 277 g/mol. The first-order valence-corrected chi connectivity index (χ1v) is 7.15. The van der Waals surface area contributed by atoms with E-state index in [9.17, 15) is 5.11 Å². The first-order valence-electron chi connectivity index (χ1n) is 6.77. The van der Waals surface area contributed by atoms with Crippen molar-refractivity contribution < 1.29 is 5.11 Å². The van der Waals surface area contributed by atoms with Gasteiger partial charge >= 0.3 is 0 Å². The Bertz CT molecular complexity index is 538. The standard InChI is InChI=1S/C15H17ClN2O/c1-9-14(5-2-10(8-17)15(9)16)18-11-3-4-12(18)7-13(19)6-11/h2,5,11-13,19H,3-4,6-7H2,1H3/t11-,12-/m1/s1. The molecule has 0 aliphatic carbocycles. The minimum Gasteiger partial charge on any atom is -0.393 e. The quantitative estimate of drug-likeness (QED) is 0.858. The Balaban J connectivity index is 2.00. The van der Waals surface area contributed by atoms with Crippen molar-refractivity contribution in [1.82, 2.24) is 0 Å². The van der Waals surface area contributed by atoms with E-state index in [2.05, 4.69) is 11.0 Å². The molecule has 100 valence electrons. The van der Waals surface area contributed by atoms with E-state index in [0.717, 1.165) is 36.9 Å². The summed E-state index contributed by atoms with van der Waals surface area (Å²) in [4.78, 5) is 2.41. The lowest BCUT2D eigenvalue weighted by Crippen LogP contribution is -2.45. The molecule has 19 heavy (non-hydrogen) atoms. The van der Waals surface area contributed by atoms with E-state index in [1.807, 2.05) is 13.0 Å². The van der Waals surface area contributed by atoms with Crippen LogP contribution in [0, 0.1) is 18.3 Å². The molecule has 2 heterocycles. The van der Waals surface area contributed by atoms with Crippen molar-refractivity contribution in [1.29, 1.82) is 5.26 Å². The fourth-order valence-corrected chi connectivity index (χ4v) is 3.78. The molecule has 4 heteroatoms. The largest absolute Gasteiger partial charge is 0.393 e. The molecular formula is C15H17ClN2O. The van der Waals surface area contributed by atoms with Gasteiger partial charge in [0.1, 0.15) is 6.07 Å². The van der Waals surface area contributed by atoms with Gasteiger partial charge in [-0.3, -0.25) is 0 Å². The summed E-state index contributed by atoms with van der Waals surface area (Å²) >= 11 is 6.26. The van der Waals surface area contributed by atoms with Crippen LogP contribution in [0.15, 0.2) is 12.1 Å². The predicted octanol–water partition coefficient (Wildman–Crippen LogP) is 3.01. The minimum absolute atomic E-state index is 0.164. The van der Waals surface area contributed by atoms with E-state index >= 15 is 0 Å². The maximum Gasteiger partial charge on any atom is 0.101 e. The molecule has 2 saturated heterocycles. The summed E-state index contributed by atoms with van der Waals surface area (Å²) in [5.74, 6) is 0. The highest BCUT2D eigenvalue weighted by Crippen LogP contribution is 2.42. The van der Waals surface area contributed by atoms with Crippen LogP contribution in [0.1, 0.15) is 36.8 Å². The third-order valence-electron chi connectivity index (χ3n) is 4.46. The summed E-state index contributed by atoms with van der Waals surface area (Å²) in [5, 5.41) is 19.4. The maximum atomic E-state index is 9.86. The van der Waals surface area contributed by atoms with Crippen LogP contribution in [-0.4, -0.2) is 23.3 Å². The van der Waals surface area contributed by atoms with Gasteiger partial charge in [-0.1, -0.05) is 11.6 Å². The zero-order valence-electron chi connectivity index (χ0n) is 10.9. The Kier molecular flexibility index (Phi) is 3.16. The van der Waals surface area contributed by atoms with Crippen LogP contribution in [0.2, 0.25) is 5.02 Å². The molecule has 0 saturated carbocycles. The second-order valence-corrected chi connectivity index (χ2v) is 5.98. The highest BCUT2D eigenvalue weighted by molar-refractivity contribution is 6.32. The molecule has 3 rings (SSSR count). The van der Waals surface area contributed by atoms with Gasteiger partial charge in [-0.2, -0.15) is 5.26 Å². The van der Waals surface area contributed by atoms with Crippen LogP contribution in [0.25, 0.3) is 0 Å². The Morgan fingerprint density at radius 3 is 2.53 bits per heavy atom. The molecule has 3 nitrogen and oxygen atoms in total. The molecule has 1 N–H and O–H groups in total. The van der Waals surface area contributed by atoms with Crippen molar-refractivity contribution in [2.45, 2.75) is 50.8 Å². The molecule has 1 aromatic rings. The van der Waals surface area contributed by atoms with Gasteiger partial charge in [0.05, 0.1) is 16.7 Å². The Morgan fingerprint density at radius 1 is 1.32 bits per heavy atom. The number of fused-ring (bicyclic) bond motifs is 2. The third-order valence-corrected chi connectivity index (χ3v) is 4.95. The number of hydrogen-bond acceptors (Lipinski definition) is 3. The van der Waals surface area contributed by atoms with Crippen LogP contribution in [0.5, 0.6) is 0 Å². The molecule has 2 aliphatic heterocycles. The zero-order valence-corrected chi connectivity index (χ0v) is 11.7. The van der Waals surface area contributed by atoms with Crippen molar-refractivity contribution in [3.63, 3.8) is 0 Å². The average Bonchev–Trinajstić information content (AvgIpc) is 2.65. The molecule has 0 amide bonds. The summed E-state index contributed by atoms with van der Waals surface area (Å²) in [6.45, 7) is 1.98. The summed E-state index contributed by atoms with van der Waals surface area (Å²) in [7, 11) is 0. The summed E-state index contributed by atoms with van der Waals surface area (Å²) in [5.41, 5.74) is 2.64. The molecule has 2 atom stereocenters. The van der Waals surface area contributed by atoms with Gasteiger partial charge in [0.2, 0.25) is 0 Å². The molecule has 2 aliphatic rings. The number of benzene rings is 1. The number of hydrogen-bond donors (Lipinski definition) is 1. The number of aliphatic hydroxyl groups excluding tert-OH is 1. The van der Waals surface area contributed by atoms with E-state index in [0.29, 0.717) is 22.7 Å². The van der Waals surface area contributed by atoms with Crippen LogP contribution >= 0.6 is 11.6 Å². The van der Waals surface area contributed by atoms with E-state index in [4.69, 9.17) is 16.9 Å². The lowest BCUT2D eigenvalue weighted by Gasteiger charge is -2.40. The van der Waals surface area contributed by atoms with Gasteiger partial charge in [0.25, 0.3) is 0 Å². The minimum atomic E-state index is -0.164. The van der Waals surface area contributed by atoms with Gasteiger partial charge in [0.15, 0.2) is 0 Å². The van der Waals surface area contributed by atoms with E-state index < -0.39 is 0 Å². The van der Waals surface area contributed by atoms with E-state index in [1.54, 1.807) is 6.07 Å². The Hall–Kier alpha value is -1.24. The number of nitrogens with zero attached hydrogens (tertiary/aromatic N) is 2. The second kappa shape index (κ2) is 4.70. The topological polar surface area (TPSA) is 47.3 Å². The smallest absolute Gasteiger partial charge is 0.101 e. The zero-order chi connectivity index (χ0) is 13.6. The van der Waals surface area contributed by atoms with Crippen LogP contribution < -0.4 is 4.90 Å². The van der Waals surface area contributed by atoms with Crippen molar-refractivity contribution in [2.75, 3.05) is 4.90 Å². The maximum absolute atomic E-state index is 9.86. The molecule has 0 spiro atoms. The Labute approximate surface area is 118 Å². The number of halogens is 1. The monoisotopic (exact) mass is 276 g/mol. The number of nitriles is 1. The summed E-state index contributed by atoms with van der Waals surface area (Å²) in [6.07, 6.45) is 3.79. The molecule has 0 aromatic heterocycles. The SMILES string of the molecule is Cc1c(N2[C@@H]3CC[C@@H]2CC(O)C3)ccc(C#N)c1Cl. The van der Waals surface area contributed by atoms with Crippen molar-refractivity contribution in [2.24, 2.45) is 0 Å². The van der Waals surface area contributed by atoms with Gasteiger partial charge in [-0.25, -0.2) is 0 Å². The number of aliphatic hydroxyl groups is 1. The van der Waals surface area contributed by atoms with Crippen LogP contribution in [-0.2, 0) is 0 Å². The molecule has 2 fully saturated rings. The second-order valence-electron chi connectivity index (χ2n) is 5.60. The predicted molar refractivity (Wildman–Crippen MR) is 75.4 cm³/mol. The number of anilines is 1. The molecule has 1 aromatic carbocycles. The number of rotatable bonds is 1.